The number of fused-ring (bicyclic) bond motifs is 1. The second kappa shape index (κ2) is 6.32. The number of primary sulfonamides is 1. The monoisotopic (exact) mass is 378 g/mol. The number of amides is 1. The Morgan fingerprint density at radius 3 is 2.52 bits per heavy atom. The van der Waals surface area contributed by atoms with E-state index in [1.807, 2.05) is 0 Å². The molecule has 0 saturated heterocycles. The second-order valence-electron chi connectivity index (χ2n) is 5.13. The molecule has 3 N–H and O–H groups in total. The van der Waals surface area contributed by atoms with Crippen LogP contribution in [-0.4, -0.2) is 14.3 Å². The van der Waals surface area contributed by atoms with Crippen molar-refractivity contribution in [3.63, 3.8) is 0 Å². The van der Waals surface area contributed by atoms with Gasteiger partial charge in [0.2, 0.25) is 10.0 Å². The molecule has 9 heteroatoms. The maximum atomic E-state index is 12.3. The van der Waals surface area contributed by atoms with E-state index >= 15 is 0 Å². The summed E-state index contributed by atoms with van der Waals surface area (Å²) >= 11 is 5.97. The summed E-state index contributed by atoms with van der Waals surface area (Å²) < 4.78 is 27.7. The van der Waals surface area contributed by atoms with Crippen LogP contribution >= 0.6 is 11.6 Å². The molecular weight excluding hydrogens is 368 g/mol. The molecule has 7 nitrogen and oxygen atoms in total. The predicted octanol–water partition coefficient (Wildman–Crippen LogP) is 2.35. The number of halogens is 1. The molecule has 1 heterocycles. The van der Waals surface area contributed by atoms with Crippen LogP contribution in [0.2, 0.25) is 5.02 Å². The van der Waals surface area contributed by atoms with E-state index in [1.165, 1.54) is 18.2 Å². The Kier molecular flexibility index (Phi) is 4.34. The Balaban J connectivity index is 1.95. The number of rotatable bonds is 3. The molecule has 2 aromatic carbocycles. The van der Waals surface area contributed by atoms with Crippen LogP contribution in [0.1, 0.15) is 10.4 Å². The van der Waals surface area contributed by atoms with Crippen LogP contribution < -0.4 is 16.1 Å². The van der Waals surface area contributed by atoms with Crippen molar-refractivity contribution in [2.45, 2.75) is 4.90 Å². The summed E-state index contributed by atoms with van der Waals surface area (Å²) in [5.74, 6) is -0.732. The van der Waals surface area contributed by atoms with Gasteiger partial charge in [0.15, 0.2) is 0 Å². The smallest absolute Gasteiger partial charge is 0.349 e. The first-order chi connectivity index (χ1) is 11.8. The Bertz CT molecular complexity index is 1150. The quantitative estimate of drug-likeness (QED) is 0.678. The fourth-order valence-corrected chi connectivity index (χ4v) is 3.02. The first-order valence-electron chi connectivity index (χ1n) is 6.92. The number of nitrogens with one attached hydrogen (secondary N) is 1. The maximum Gasteiger partial charge on any atom is 0.349 e. The highest BCUT2D eigenvalue weighted by Crippen LogP contribution is 2.25. The van der Waals surface area contributed by atoms with Gasteiger partial charge in [-0.25, -0.2) is 18.4 Å². The standard InChI is InChI=1S/C16H11ClN2O5S/c17-12-8-10(25(18,22)23)5-6-13(12)19-15(20)11-7-9-3-1-2-4-14(9)24-16(11)21/h1-8H,(H,19,20)(H2,18,22,23). The normalized spacial score (nSPS) is 11.4. The van der Waals surface area contributed by atoms with Crippen LogP contribution in [0.25, 0.3) is 11.0 Å². The van der Waals surface area contributed by atoms with Gasteiger partial charge in [-0.2, -0.15) is 0 Å². The van der Waals surface area contributed by atoms with Crippen molar-refractivity contribution in [3.05, 3.63) is 69.5 Å². The number of hydrogen-bond donors (Lipinski definition) is 2. The average Bonchev–Trinajstić information content (AvgIpc) is 2.55. The Hall–Kier alpha value is -2.68. The van der Waals surface area contributed by atoms with E-state index in [9.17, 15) is 18.0 Å². The summed E-state index contributed by atoms with van der Waals surface area (Å²) in [7, 11) is -3.92. The molecule has 25 heavy (non-hydrogen) atoms. The minimum absolute atomic E-state index is 0.0370. The first-order valence-corrected chi connectivity index (χ1v) is 8.85. The van der Waals surface area contributed by atoms with E-state index in [1.54, 1.807) is 24.3 Å². The highest BCUT2D eigenvalue weighted by atomic mass is 35.5. The zero-order valence-corrected chi connectivity index (χ0v) is 14.1. The maximum absolute atomic E-state index is 12.3. The summed E-state index contributed by atoms with van der Waals surface area (Å²) in [5.41, 5.74) is -0.509. The molecule has 128 valence electrons. The van der Waals surface area contributed by atoms with Gasteiger partial charge >= 0.3 is 5.63 Å². The first kappa shape index (κ1) is 17.2. The number of carbonyl (C=O) groups is 1. The third-order valence-electron chi connectivity index (χ3n) is 3.40. The van der Waals surface area contributed by atoms with Crippen LogP contribution in [0.4, 0.5) is 5.69 Å². The molecule has 0 aliphatic rings. The molecule has 1 aromatic heterocycles. The van der Waals surface area contributed by atoms with Crippen molar-refractivity contribution in [1.29, 1.82) is 0 Å². The van der Waals surface area contributed by atoms with Crippen molar-refractivity contribution in [1.82, 2.24) is 0 Å². The molecule has 3 rings (SSSR count). The molecule has 0 saturated carbocycles. The Labute approximate surface area is 147 Å². The molecule has 0 aliphatic heterocycles. The average molecular weight is 379 g/mol. The molecule has 0 unspecified atom stereocenters. The van der Waals surface area contributed by atoms with Crippen LogP contribution in [0.3, 0.4) is 0 Å². The highest BCUT2D eigenvalue weighted by molar-refractivity contribution is 7.89. The van der Waals surface area contributed by atoms with Crippen LogP contribution in [0.5, 0.6) is 0 Å². The van der Waals surface area contributed by atoms with E-state index in [0.717, 1.165) is 6.07 Å². The summed E-state index contributed by atoms with van der Waals surface area (Å²) in [6.45, 7) is 0. The number of benzene rings is 2. The van der Waals surface area contributed by atoms with Gasteiger partial charge in [-0.1, -0.05) is 29.8 Å². The lowest BCUT2D eigenvalue weighted by Crippen LogP contribution is -2.21. The molecule has 0 radical (unpaired) electrons. The minimum Gasteiger partial charge on any atom is -0.422 e. The molecule has 0 spiro atoms. The van der Waals surface area contributed by atoms with Crippen molar-refractivity contribution in [2.24, 2.45) is 5.14 Å². The van der Waals surface area contributed by atoms with Gasteiger partial charge in [-0.15, -0.1) is 0 Å². The molecule has 0 atom stereocenters. The lowest BCUT2D eigenvalue weighted by Gasteiger charge is -2.08. The highest BCUT2D eigenvalue weighted by Gasteiger charge is 2.16. The fourth-order valence-electron chi connectivity index (χ4n) is 2.18. The van der Waals surface area contributed by atoms with Crippen molar-refractivity contribution >= 4 is 44.2 Å². The van der Waals surface area contributed by atoms with E-state index in [4.69, 9.17) is 21.2 Å². The summed E-state index contributed by atoms with van der Waals surface area (Å²) in [4.78, 5) is 24.1. The third-order valence-corrected chi connectivity index (χ3v) is 4.63. The molecule has 0 aliphatic carbocycles. The van der Waals surface area contributed by atoms with Gasteiger partial charge in [-0.05, 0) is 30.3 Å². The predicted molar refractivity (Wildman–Crippen MR) is 93.3 cm³/mol. The Morgan fingerprint density at radius 1 is 1.12 bits per heavy atom. The number of carbonyl (C=O) groups excluding carboxylic acids is 1. The second-order valence-corrected chi connectivity index (χ2v) is 7.09. The molecule has 3 aromatic rings. The number of anilines is 1. The SMILES string of the molecule is NS(=O)(=O)c1ccc(NC(=O)c2cc3ccccc3oc2=O)c(Cl)c1. The third kappa shape index (κ3) is 3.55. The zero-order chi connectivity index (χ0) is 18.2. The van der Waals surface area contributed by atoms with Gasteiger partial charge in [0.25, 0.3) is 5.91 Å². The van der Waals surface area contributed by atoms with Gasteiger partial charge < -0.3 is 9.73 Å². The van der Waals surface area contributed by atoms with Crippen molar-refractivity contribution < 1.29 is 17.6 Å². The van der Waals surface area contributed by atoms with Gasteiger partial charge in [0.1, 0.15) is 11.1 Å². The molecule has 0 bridgehead atoms. The van der Waals surface area contributed by atoms with Crippen LogP contribution in [-0.2, 0) is 10.0 Å². The molecule has 0 fully saturated rings. The van der Waals surface area contributed by atoms with Gasteiger partial charge in [-0.3, -0.25) is 4.79 Å². The summed E-state index contributed by atoms with van der Waals surface area (Å²) in [6, 6.07) is 11.7. The number of para-hydroxylation sites is 1. The number of nitrogens with two attached hydrogens (primary N) is 1. The van der Waals surface area contributed by atoms with Crippen LogP contribution in [0.15, 0.2) is 62.6 Å². The minimum atomic E-state index is -3.92. The summed E-state index contributed by atoms with van der Waals surface area (Å²) in [5, 5.41) is 8.01. The zero-order valence-electron chi connectivity index (χ0n) is 12.5. The molecule has 1 amide bonds. The molecular formula is C16H11ClN2O5S. The van der Waals surface area contributed by atoms with E-state index < -0.39 is 21.6 Å². The van der Waals surface area contributed by atoms with Crippen molar-refractivity contribution in [3.8, 4) is 0 Å². The topological polar surface area (TPSA) is 119 Å². The number of sulfonamides is 1. The number of hydrogen-bond acceptors (Lipinski definition) is 5. The lowest BCUT2D eigenvalue weighted by molar-refractivity contribution is 0.102. The van der Waals surface area contributed by atoms with E-state index in [-0.39, 0.29) is 21.2 Å². The van der Waals surface area contributed by atoms with Crippen molar-refractivity contribution in [2.75, 3.05) is 5.32 Å². The van der Waals surface area contributed by atoms with E-state index in [0.29, 0.717) is 11.0 Å². The largest absolute Gasteiger partial charge is 0.422 e. The fraction of sp³-hybridized carbons (Fsp3) is 0. The lowest BCUT2D eigenvalue weighted by atomic mass is 10.1. The summed E-state index contributed by atoms with van der Waals surface area (Å²) in [6.07, 6.45) is 0. The van der Waals surface area contributed by atoms with E-state index in [2.05, 4.69) is 5.32 Å². The van der Waals surface area contributed by atoms with Crippen LogP contribution in [0, 0.1) is 0 Å². The Morgan fingerprint density at radius 2 is 1.84 bits per heavy atom. The van der Waals surface area contributed by atoms with Gasteiger partial charge in [0, 0.05) is 5.39 Å². The van der Waals surface area contributed by atoms with Gasteiger partial charge in [0.05, 0.1) is 15.6 Å².